The minimum Gasteiger partial charge on any atom is -0.0620 e. The molecule has 0 aromatic carbocycles. The van der Waals surface area contributed by atoms with Crippen LogP contribution < -0.4 is 0 Å². The molecule has 0 amide bonds. The van der Waals surface area contributed by atoms with Crippen LogP contribution in [0.4, 0.5) is 0 Å². The minimum atomic E-state index is 0.918. The molecule has 4 aliphatic carbocycles. The number of hydrogen-bond donors (Lipinski definition) is 0. The van der Waals surface area contributed by atoms with Gasteiger partial charge < -0.3 is 0 Å². The molecular weight excluding hydrogens is 288 g/mol. The first-order chi connectivity index (χ1) is 11.3. The third kappa shape index (κ3) is 2.10. The predicted molar refractivity (Wildman–Crippen MR) is 103 cm³/mol. The SMILES string of the molecule is CC1C(C)C2CC3C(C)C4C(C)C(C)C(C)C(C)C4C3CC2C1C. The van der Waals surface area contributed by atoms with Gasteiger partial charge in [-0.2, -0.15) is 0 Å². The molecule has 4 rings (SSSR count). The Hall–Kier alpha value is 0. The van der Waals surface area contributed by atoms with Crippen molar-refractivity contribution in [3.63, 3.8) is 0 Å². The van der Waals surface area contributed by atoms with Gasteiger partial charge in [0.15, 0.2) is 0 Å². The summed E-state index contributed by atoms with van der Waals surface area (Å²) in [6, 6.07) is 0. The highest BCUT2D eigenvalue weighted by molar-refractivity contribution is 5.09. The molecule has 0 nitrogen and oxygen atoms in total. The normalized spacial score (nSPS) is 66.0. The number of rotatable bonds is 0. The second kappa shape index (κ2) is 5.75. The van der Waals surface area contributed by atoms with Gasteiger partial charge in [-0.3, -0.25) is 0 Å². The largest absolute Gasteiger partial charge is 0.0620 e. The van der Waals surface area contributed by atoms with Gasteiger partial charge in [0.05, 0.1) is 0 Å². The van der Waals surface area contributed by atoms with Crippen molar-refractivity contribution in [1.29, 1.82) is 0 Å². The van der Waals surface area contributed by atoms with Gasteiger partial charge in [-0.05, 0) is 95.7 Å². The van der Waals surface area contributed by atoms with E-state index in [0.717, 1.165) is 82.9 Å². The molecule has 14 atom stereocenters. The molecule has 0 heteroatoms. The summed E-state index contributed by atoms with van der Waals surface area (Å²) in [5, 5.41) is 0. The Morgan fingerprint density at radius 1 is 0.333 bits per heavy atom. The molecular formula is C24H42. The molecule has 4 saturated carbocycles. The molecule has 0 saturated heterocycles. The molecule has 0 aliphatic heterocycles. The number of hydrogen-bond acceptors (Lipinski definition) is 0. The van der Waals surface area contributed by atoms with Gasteiger partial charge in [0.1, 0.15) is 0 Å². The van der Waals surface area contributed by atoms with Crippen LogP contribution in [-0.4, -0.2) is 0 Å². The molecule has 0 aromatic rings. The van der Waals surface area contributed by atoms with Gasteiger partial charge in [-0.25, -0.2) is 0 Å². The van der Waals surface area contributed by atoms with Crippen LogP contribution in [0.5, 0.6) is 0 Å². The van der Waals surface area contributed by atoms with Crippen LogP contribution in [-0.2, 0) is 0 Å². The zero-order chi connectivity index (χ0) is 17.5. The summed E-state index contributed by atoms with van der Waals surface area (Å²) >= 11 is 0. The molecule has 138 valence electrons. The zero-order valence-corrected chi connectivity index (χ0v) is 17.5. The first-order valence-electron chi connectivity index (χ1n) is 11.3. The van der Waals surface area contributed by atoms with Crippen LogP contribution in [0.15, 0.2) is 0 Å². The van der Waals surface area contributed by atoms with Crippen molar-refractivity contribution < 1.29 is 0 Å². The van der Waals surface area contributed by atoms with Gasteiger partial charge >= 0.3 is 0 Å². The fourth-order valence-electron chi connectivity index (χ4n) is 8.99. The zero-order valence-electron chi connectivity index (χ0n) is 17.5. The monoisotopic (exact) mass is 330 g/mol. The molecule has 0 N–H and O–H groups in total. The predicted octanol–water partition coefficient (Wildman–Crippen LogP) is 6.61. The van der Waals surface area contributed by atoms with Crippen LogP contribution in [0.3, 0.4) is 0 Å². The van der Waals surface area contributed by atoms with Crippen molar-refractivity contribution in [3.8, 4) is 0 Å². The van der Waals surface area contributed by atoms with E-state index in [1.807, 2.05) is 0 Å². The second-order valence-electron chi connectivity index (χ2n) is 11.2. The fourth-order valence-corrected chi connectivity index (χ4v) is 8.99. The van der Waals surface area contributed by atoms with Gasteiger partial charge in [0, 0.05) is 0 Å². The van der Waals surface area contributed by atoms with Gasteiger partial charge in [-0.1, -0.05) is 55.4 Å². The lowest BCUT2D eigenvalue weighted by Gasteiger charge is -2.49. The van der Waals surface area contributed by atoms with Crippen molar-refractivity contribution in [2.24, 2.45) is 82.9 Å². The van der Waals surface area contributed by atoms with E-state index in [2.05, 4.69) is 55.4 Å². The van der Waals surface area contributed by atoms with Crippen molar-refractivity contribution in [2.75, 3.05) is 0 Å². The van der Waals surface area contributed by atoms with E-state index in [1.165, 1.54) is 0 Å². The minimum absolute atomic E-state index is 0.918. The summed E-state index contributed by atoms with van der Waals surface area (Å²) in [5.41, 5.74) is 0. The Bertz CT molecular complexity index is 480. The molecule has 4 aliphatic rings. The second-order valence-corrected chi connectivity index (χ2v) is 11.2. The first kappa shape index (κ1) is 17.4. The van der Waals surface area contributed by atoms with E-state index in [9.17, 15) is 0 Å². The summed E-state index contributed by atoms with van der Waals surface area (Å²) in [5.74, 6) is 13.8. The molecule has 0 bridgehead atoms. The van der Waals surface area contributed by atoms with E-state index in [-0.39, 0.29) is 0 Å². The number of fused-ring (bicyclic) bond motifs is 4. The van der Waals surface area contributed by atoms with Crippen LogP contribution in [0.2, 0.25) is 0 Å². The van der Waals surface area contributed by atoms with E-state index < -0.39 is 0 Å². The van der Waals surface area contributed by atoms with Crippen LogP contribution in [0.25, 0.3) is 0 Å². The Balaban J connectivity index is 1.66. The van der Waals surface area contributed by atoms with Crippen LogP contribution >= 0.6 is 0 Å². The molecule has 24 heavy (non-hydrogen) atoms. The molecule has 0 spiro atoms. The molecule has 0 heterocycles. The quantitative estimate of drug-likeness (QED) is 0.469. The van der Waals surface area contributed by atoms with E-state index >= 15 is 0 Å². The summed E-state index contributed by atoms with van der Waals surface area (Å²) in [6.07, 6.45) is 3.15. The lowest BCUT2D eigenvalue weighted by Crippen LogP contribution is -2.43. The Morgan fingerprint density at radius 3 is 1.25 bits per heavy atom. The highest BCUT2D eigenvalue weighted by atomic mass is 14.7. The highest BCUT2D eigenvalue weighted by Gasteiger charge is 2.60. The summed E-state index contributed by atoms with van der Waals surface area (Å²) in [6.45, 7) is 20.7. The maximum absolute atomic E-state index is 2.65. The Morgan fingerprint density at radius 2 is 0.708 bits per heavy atom. The highest BCUT2D eigenvalue weighted by Crippen LogP contribution is 2.66. The molecule has 0 radical (unpaired) electrons. The summed E-state index contributed by atoms with van der Waals surface area (Å²) in [7, 11) is 0. The van der Waals surface area contributed by atoms with Crippen molar-refractivity contribution in [1.82, 2.24) is 0 Å². The summed E-state index contributed by atoms with van der Waals surface area (Å²) < 4.78 is 0. The van der Waals surface area contributed by atoms with Crippen LogP contribution in [0.1, 0.15) is 68.2 Å². The third-order valence-corrected chi connectivity index (χ3v) is 11.1. The lowest BCUT2D eigenvalue weighted by atomic mass is 9.56. The lowest BCUT2D eigenvalue weighted by molar-refractivity contribution is -0.00928. The Labute approximate surface area is 151 Å². The van der Waals surface area contributed by atoms with E-state index in [1.54, 1.807) is 12.8 Å². The topological polar surface area (TPSA) is 0 Å². The average molecular weight is 331 g/mol. The van der Waals surface area contributed by atoms with Crippen molar-refractivity contribution in [2.45, 2.75) is 68.2 Å². The Kier molecular flexibility index (Phi) is 4.17. The maximum atomic E-state index is 2.65. The van der Waals surface area contributed by atoms with E-state index in [0.29, 0.717) is 0 Å². The van der Waals surface area contributed by atoms with Gasteiger partial charge in [0.2, 0.25) is 0 Å². The van der Waals surface area contributed by atoms with E-state index in [4.69, 9.17) is 0 Å². The summed E-state index contributed by atoms with van der Waals surface area (Å²) in [4.78, 5) is 0. The third-order valence-electron chi connectivity index (χ3n) is 11.1. The van der Waals surface area contributed by atoms with Gasteiger partial charge in [-0.15, -0.1) is 0 Å². The molecule has 4 fully saturated rings. The van der Waals surface area contributed by atoms with Crippen molar-refractivity contribution in [3.05, 3.63) is 0 Å². The standard InChI is InChI=1S/C24H42/c1-11-12(2)17(7)24-22-10-20-15(5)13(3)14(4)19(20)9-21(22)18(8)23(24)16(11)6/h11-24H,9-10H2,1-8H3. The van der Waals surface area contributed by atoms with Crippen molar-refractivity contribution >= 4 is 0 Å². The first-order valence-corrected chi connectivity index (χ1v) is 11.3. The van der Waals surface area contributed by atoms with Gasteiger partial charge in [0.25, 0.3) is 0 Å². The molecule has 0 aromatic heterocycles. The van der Waals surface area contributed by atoms with Crippen LogP contribution in [0, 0.1) is 82.9 Å². The average Bonchev–Trinajstić information content (AvgIpc) is 2.97. The maximum Gasteiger partial charge on any atom is -0.0321 e. The smallest absolute Gasteiger partial charge is 0.0321 e. The fraction of sp³-hybridized carbons (Fsp3) is 1.00. The molecule has 14 unspecified atom stereocenters.